The molecule has 1 atom stereocenters. The third-order valence-electron chi connectivity index (χ3n) is 6.97. The molecular weight excluding hydrogens is 464 g/mol. The van der Waals surface area contributed by atoms with E-state index >= 15 is 4.39 Å². The molecule has 1 aliphatic carbocycles. The number of alkyl halides is 3. The van der Waals surface area contributed by atoms with E-state index in [1.54, 1.807) is 4.90 Å². The molecule has 186 valence electrons. The van der Waals surface area contributed by atoms with Crippen LogP contribution in [0.3, 0.4) is 0 Å². The van der Waals surface area contributed by atoms with Crippen molar-refractivity contribution in [1.82, 2.24) is 10.3 Å². The van der Waals surface area contributed by atoms with Crippen LogP contribution in [0.1, 0.15) is 54.4 Å². The van der Waals surface area contributed by atoms with Crippen LogP contribution in [0.25, 0.3) is 21.8 Å². The topological polar surface area (TPSA) is 91.2 Å². The van der Waals surface area contributed by atoms with Crippen molar-refractivity contribution in [3.05, 3.63) is 41.2 Å². The highest BCUT2D eigenvalue weighted by atomic mass is 19.4. The lowest BCUT2D eigenvalue weighted by molar-refractivity contribution is -0.137. The lowest BCUT2D eigenvalue weighted by Gasteiger charge is -2.35. The van der Waals surface area contributed by atoms with Crippen molar-refractivity contribution in [2.45, 2.75) is 50.7 Å². The van der Waals surface area contributed by atoms with E-state index in [9.17, 15) is 22.8 Å². The van der Waals surface area contributed by atoms with Gasteiger partial charge in [-0.25, -0.2) is 4.39 Å². The molecule has 35 heavy (non-hydrogen) atoms. The van der Waals surface area contributed by atoms with Gasteiger partial charge in [-0.2, -0.15) is 13.2 Å². The Morgan fingerprint density at radius 3 is 2.63 bits per heavy atom. The molecular formula is C25H26F4N4O2. The number of aromatic nitrogens is 1. The third kappa shape index (κ3) is 4.66. The molecule has 4 N–H and O–H groups in total. The van der Waals surface area contributed by atoms with E-state index in [0.29, 0.717) is 42.6 Å². The van der Waals surface area contributed by atoms with E-state index in [1.165, 1.54) is 18.9 Å². The van der Waals surface area contributed by atoms with Crippen LogP contribution < -0.4 is 16.0 Å². The van der Waals surface area contributed by atoms with Crippen molar-refractivity contribution in [3.63, 3.8) is 0 Å². The maximum absolute atomic E-state index is 15.5. The number of nitrogens with two attached hydrogens (primary N) is 1. The van der Waals surface area contributed by atoms with Crippen molar-refractivity contribution in [1.29, 1.82) is 0 Å². The third-order valence-corrected chi connectivity index (χ3v) is 6.97. The fourth-order valence-corrected chi connectivity index (χ4v) is 5.05. The Morgan fingerprint density at radius 1 is 1.17 bits per heavy atom. The molecule has 10 heteroatoms. The number of piperidine rings is 1. The highest BCUT2D eigenvalue weighted by molar-refractivity contribution is 6.19. The predicted molar refractivity (Wildman–Crippen MR) is 125 cm³/mol. The van der Waals surface area contributed by atoms with Crippen LogP contribution in [-0.4, -0.2) is 35.9 Å². The Balaban J connectivity index is 1.53. The molecule has 6 nitrogen and oxygen atoms in total. The quantitative estimate of drug-likeness (QED) is 0.432. The number of primary amides is 1. The van der Waals surface area contributed by atoms with Crippen LogP contribution in [0, 0.1) is 11.7 Å². The maximum atomic E-state index is 15.5. The summed E-state index contributed by atoms with van der Waals surface area (Å²) in [6, 6.07) is 4.01. The first-order valence-corrected chi connectivity index (χ1v) is 11.8. The van der Waals surface area contributed by atoms with Crippen LogP contribution in [0.15, 0.2) is 24.3 Å². The molecule has 3 aromatic rings. The number of aromatic amines is 1. The molecule has 2 aromatic carbocycles. The molecule has 1 saturated carbocycles. The summed E-state index contributed by atoms with van der Waals surface area (Å²) in [5.41, 5.74) is 4.99. The van der Waals surface area contributed by atoms with E-state index < -0.39 is 23.5 Å². The SMILES string of the molecule is NC(=O)c1cc(F)c(N2CCC[C@H](NC(=O)CCC3CC3)C2)c2c1[nH]c1cc(C(F)(F)F)ccc12. The van der Waals surface area contributed by atoms with Gasteiger partial charge in [-0.05, 0) is 43.4 Å². The predicted octanol–water partition coefficient (Wildman–Crippen LogP) is 4.85. The Morgan fingerprint density at radius 2 is 1.94 bits per heavy atom. The molecule has 0 bridgehead atoms. The van der Waals surface area contributed by atoms with Crippen molar-refractivity contribution in [2.24, 2.45) is 11.7 Å². The van der Waals surface area contributed by atoms with Gasteiger partial charge in [0.2, 0.25) is 5.91 Å². The van der Waals surface area contributed by atoms with Gasteiger partial charge in [0.15, 0.2) is 0 Å². The van der Waals surface area contributed by atoms with Crippen LogP contribution in [-0.2, 0) is 11.0 Å². The van der Waals surface area contributed by atoms with Gasteiger partial charge in [-0.15, -0.1) is 0 Å². The van der Waals surface area contributed by atoms with Gasteiger partial charge < -0.3 is 20.9 Å². The summed E-state index contributed by atoms with van der Waals surface area (Å²) in [5, 5.41) is 3.71. The molecule has 5 rings (SSSR count). The number of nitrogens with one attached hydrogen (secondary N) is 2. The van der Waals surface area contributed by atoms with E-state index in [-0.39, 0.29) is 34.2 Å². The molecule has 0 radical (unpaired) electrons. The summed E-state index contributed by atoms with van der Waals surface area (Å²) in [6.45, 7) is 0.855. The van der Waals surface area contributed by atoms with Crippen LogP contribution >= 0.6 is 0 Å². The van der Waals surface area contributed by atoms with Crippen molar-refractivity contribution in [2.75, 3.05) is 18.0 Å². The molecule has 1 saturated heterocycles. The van der Waals surface area contributed by atoms with Crippen LogP contribution in [0.4, 0.5) is 23.2 Å². The van der Waals surface area contributed by atoms with E-state index in [2.05, 4.69) is 10.3 Å². The smallest absolute Gasteiger partial charge is 0.367 e. The van der Waals surface area contributed by atoms with Crippen LogP contribution in [0.2, 0.25) is 0 Å². The van der Waals surface area contributed by atoms with E-state index in [4.69, 9.17) is 5.73 Å². The minimum absolute atomic E-state index is 0.0229. The number of nitrogens with zero attached hydrogens (tertiary/aromatic N) is 1. The minimum atomic E-state index is -4.55. The largest absolute Gasteiger partial charge is 0.416 e. The number of halogens is 4. The minimum Gasteiger partial charge on any atom is -0.367 e. The monoisotopic (exact) mass is 490 g/mol. The lowest BCUT2D eigenvalue weighted by Crippen LogP contribution is -2.48. The Labute approximate surface area is 198 Å². The highest BCUT2D eigenvalue weighted by Gasteiger charge is 2.32. The molecule has 2 amide bonds. The highest BCUT2D eigenvalue weighted by Crippen LogP contribution is 2.41. The Bertz CT molecular complexity index is 1310. The zero-order chi connectivity index (χ0) is 24.9. The Hall–Kier alpha value is -3.30. The first-order chi connectivity index (χ1) is 16.6. The zero-order valence-electron chi connectivity index (χ0n) is 19.0. The number of rotatable bonds is 6. The Kier molecular flexibility index (Phi) is 5.85. The van der Waals surface area contributed by atoms with Gasteiger partial charge in [-0.1, -0.05) is 18.9 Å². The van der Waals surface area contributed by atoms with E-state index in [0.717, 1.165) is 31.0 Å². The standard InChI is InChI=1S/C25H26F4N4O2/c26-18-11-17(24(30)35)22-21(16-7-6-14(25(27,28)29)10-19(16)32-22)23(18)33-9-1-2-15(12-33)31-20(34)8-5-13-3-4-13/h6-7,10-11,13,15,32H,1-5,8-9,12H2,(H2,30,35)(H,31,34)/t15-/m0/s1. The van der Waals surface area contributed by atoms with Crippen molar-refractivity contribution >= 4 is 39.3 Å². The second kappa shape index (κ2) is 8.73. The number of hydrogen-bond acceptors (Lipinski definition) is 3. The van der Waals surface area contributed by atoms with Crippen molar-refractivity contribution in [3.8, 4) is 0 Å². The van der Waals surface area contributed by atoms with E-state index in [1.807, 2.05) is 0 Å². The van der Waals surface area contributed by atoms with Gasteiger partial charge in [-0.3, -0.25) is 9.59 Å². The van der Waals surface area contributed by atoms with Gasteiger partial charge >= 0.3 is 6.18 Å². The number of carbonyl (C=O) groups is 2. The first-order valence-electron chi connectivity index (χ1n) is 11.8. The van der Waals surface area contributed by atoms with Gasteiger partial charge in [0, 0.05) is 41.8 Å². The van der Waals surface area contributed by atoms with Crippen molar-refractivity contribution < 1.29 is 27.2 Å². The fraction of sp³-hybridized carbons (Fsp3) is 0.440. The fourth-order valence-electron chi connectivity index (χ4n) is 5.05. The maximum Gasteiger partial charge on any atom is 0.416 e. The molecule has 2 aliphatic rings. The number of fused-ring (bicyclic) bond motifs is 3. The van der Waals surface area contributed by atoms with Crippen LogP contribution in [0.5, 0.6) is 0 Å². The molecule has 2 heterocycles. The van der Waals surface area contributed by atoms with Gasteiger partial charge in [0.25, 0.3) is 5.91 Å². The summed E-state index contributed by atoms with van der Waals surface area (Å²) in [5.74, 6) is -0.949. The summed E-state index contributed by atoms with van der Waals surface area (Å²) < 4.78 is 55.3. The number of benzene rings is 2. The number of carbonyl (C=O) groups excluding carboxylic acids is 2. The van der Waals surface area contributed by atoms with Gasteiger partial charge in [0.1, 0.15) is 5.82 Å². The molecule has 2 fully saturated rings. The number of H-pyrrole nitrogens is 1. The van der Waals surface area contributed by atoms with Gasteiger partial charge in [0.05, 0.1) is 22.3 Å². The normalized spacial score (nSPS) is 18.9. The summed E-state index contributed by atoms with van der Waals surface area (Å²) in [4.78, 5) is 29.1. The molecule has 0 spiro atoms. The average molecular weight is 491 g/mol. The first kappa shape index (κ1) is 23.4. The second-order valence-corrected chi connectivity index (χ2v) is 9.59. The molecule has 0 unspecified atom stereocenters. The number of anilines is 1. The summed E-state index contributed by atoms with van der Waals surface area (Å²) in [6.07, 6.45) is 0.597. The molecule has 1 aliphatic heterocycles. The number of hydrogen-bond donors (Lipinski definition) is 3. The zero-order valence-corrected chi connectivity index (χ0v) is 19.0. The molecule has 1 aromatic heterocycles. The summed E-state index contributed by atoms with van der Waals surface area (Å²) in [7, 11) is 0. The lowest BCUT2D eigenvalue weighted by atomic mass is 10.00. The summed E-state index contributed by atoms with van der Waals surface area (Å²) >= 11 is 0. The second-order valence-electron chi connectivity index (χ2n) is 9.59. The number of amides is 2. The average Bonchev–Trinajstić information content (AvgIpc) is 3.55.